The molecule has 0 amide bonds. The molecule has 0 aliphatic carbocycles. The summed E-state index contributed by atoms with van der Waals surface area (Å²) in [6.07, 6.45) is 1.78. The van der Waals surface area contributed by atoms with Crippen molar-refractivity contribution in [3.8, 4) is 0 Å². The molecule has 2 heterocycles. The molecule has 0 unspecified atom stereocenters. The zero-order valence-electron chi connectivity index (χ0n) is 14.7. The molecule has 5 nitrogen and oxygen atoms in total. The average molecular weight is 367 g/mol. The van der Waals surface area contributed by atoms with Crippen molar-refractivity contribution in [2.24, 2.45) is 0 Å². The first-order chi connectivity index (χ1) is 12.6. The summed E-state index contributed by atoms with van der Waals surface area (Å²) in [6, 6.07) is 17.1. The molecule has 0 radical (unpaired) electrons. The van der Waals surface area contributed by atoms with Gasteiger partial charge in [0, 0.05) is 32.4 Å². The van der Waals surface area contributed by atoms with Crippen molar-refractivity contribution in [3.05, 3.63) is 66.4 Å². The summed E-state index contributed by atoms with van der Waals surface area (Å²) in [5.74, 6) is 0.940. The molecule has 0 N–H and O–H groups in total. The maximum Gasteiger partial charge on any atom is 0.243 e. The molecule has 0 spiro atoms. The minimum absolute atomic E-state index is 0.360. The van der Waals surface area contributed by atoms with Gasteiger partial charge in [-0.25, -0.2) is 13.4 Å². The van der Waals surface area contributed by atoms with Crippen LogP contribution in [0.5, 0.6) is 0 Å². The van der Waals surface area contributed by atoms with Gasteiger partial charge in [-0.15, -0.1) is 0 Å². The van der Waals surface area contributed by atoms with Gasteiger partial charge in [0.1, 0.15) is 5.82 Å². The fraction of sp³-hybridized carbons (Fsp3) is 0.250. The molecule has 26 heavy (non-hydrogen) atoms. The van der Waals surface area contributed by atoms with Gasteiger partial charge in [-0.3, -0.25) is 0 Å². The predicted molar refractivity (Wildman–Crippen MR) is 104 cm³/mol. The predicted octanol–water partition coefficient (Wildman–Crippen LogP) is 3.05. The smallest absolute Gasteiger partial charge is 0.243 e. The Morgan fingerprint density at radius 2 is 1.62 bits per heavy atom. The van der Waals surface area contributed by atoms with Gasteiger partial charge in [-0.1, -0.05) is 36.4 Å². The summed E-state index contributed by atoms with van der Waals surface area (Å²) in [7, 11) is -3.48. The van der Waals surface area contributed by atoms with E-state index in [-0.39, 0.29) is 0 Å². The molecular formula is C20H21N3O2S. The topological polar surface area (TPSA) is 53.5 Å². The molecule has 1 aromatic heterocycles. The third kappa shape index (κ3) is 3.06. The van der Waals surface area contributed by atoms with E-state index in [1.54, 1.807) is 22.6 Å². The zero-order valence-corrected chi connectivity index (χ0v) is 15.5. The number of benzene rings is 2. The van der Waals surface area contributed by atoms with E-state index in [9.17, 15) is 8.42 Å². The Bertz CT molecular complexity index is 1040. The Kier molecular flexibility index (Phi) is 4.38. The second-order valence-corrected chi connectivity index (χ2v) is 8.48. The van der Waals surface area contributed by atoms with Crippen LogP contribution in [0.4, 0.5) is 5.82 Å². The highest BCUT2D eigenvalue weighted by molar-refractivity contribution is 7.89. The first kappa shape index (κ1) is 17.0. The highest BCUT2D eigenvalue weighted by atomic mass is 32.2. The number of sulfonamides is 1. The maximum absolute atomic E-state index is 13.0. The minimum atomic E-state index is -3.48. The van der Waals surface area contributed by atoms with Crippen molar-refractivity contribution in [1.29, 1.82) is 0 Å². The van der Waals surface area contributed by atoms with Crippen molar-refractivity contribution < 1.29 is 8.42 Å². The van der Waals surface area contributed by atoms with Crippen molar-refractivity contribution in [1.82, 2.24) is 9.29 Å². The van der Waals surface area contributed by atoms with Gasteiger partial charge >= 0.3 is 0 Å². The lowest BCUT2D eigenvalue weighted by Gasteiger charge is -2.35. The van der Waals surface area contributed by atoms with Crippen LogP contribution in [0.15, 0.2) is 65.7 Å². The van der Waals surface area contributed by atoms with Crippen LogP contribution in [0.25, 0.3) is 10.8 Å². The van der Waals surface area contributed by atoms with E-state index in [4.69, 9.17) is 0 Å². The minimum Gasteiger partial charge on any atom is -0.354 e. The van der Waals surface area contributed by atoms with Crippen molar-refractivity contribution in [2.45, 2.75) is 11.8 Å². The third-order valence-corrected chi connectivity index (χ3v) is 6.77. The number of hydrogen-bond acceptors (Lipinski definition) is 4. The molecule has 6 heteroatoms. The Morgan fingerprint density at radius 3 is 2.35 bits per heavy atom. The summed E-state index contributed by atoms with van der Waals surface area (Å²) in [5.41, 5.74) is 1.11. The molecule has 0 bridgehead atoms. The Morgan fingerprint density at radius 1 is 0.885 bits per heavy atom. The summed E-state index contributed by atoms with van der Waals surface area (Å²) >= 11 is 0. The van der Waals surface area contributed by atoms with Gasteiger partial charge in [0.15, 0.2) is 0 Å². The number of fused-ring (bicyclic) bond motifs is 1. The van der Waals surface area contributed by atoms with Crippen LogP contribution >= 0.6 is 0 Å². The largest absolute Gasteiger partial charge is 0.354 e. The Labute approximate surface area is 153 Å². The maximum atomic E-state index is 13.0. The van der Waals surface area contributed by atoms with Gasteiger partial charge < -0.3 is 4.90 Å². The van der Waals surface area contributed by atoms with Gasteiger partial charge in [0.25, 0.3) is 0 Å². The van der Waals surface area contributed by atoms with Gasteiger partial charge in [-0.2, -0.15) is 4.31 Å². The number of pyridine rings is 1. The first-order valence-electron chi connectivity index (χ1n) is 8.71. The van der Waals surface area contributed by atoms with Crippen LogP contribution in [0.3, 0.4) is 0 Å². The molecule has 134 valence electrons. The number of rotatable bonds is 3. The summed E-state index contributed by atoms with van der Waals surface area (Å²) < 4.78 is 27.6. The first-order valence-corrected chi connectivity index (χ1v) is 10.2. The number of piperazine rings is 1. The normalized spacial score (nSPS) is 16.1. The lowest BCUT2D eigenvalue weighted by atomic mass is 10.1. The summed E-state index contributed by atoms with van der Waals surface area (Å²) in [6.45, 7) is 4.24. The molecule has 1 aliphatic heterocycles. The van der Waals surface area contributed by atoms with Crippen LogP contribution in [0.2, 0.25) is 0 Å². The van der Waals surface area contributed by atoms with Crippen molar-refractivity contribution >= 4 is 26.6 Å². The van der Waals surface area contributed by atoms with Gasteiger partial charge in [0.2, 0.25) is 10.0 Å². The van der Waals surface area contributed by atoms with Crippen LogP contribution < -0.4 is 4.90 Å². The standard InChI is InChI=1S/C20H21N3O2S/c1-16-5-4-10-21-20(16)22-11-13-23(14-12-22)26(24,25)19-9-8-17-6-2-3-7-18(17)15-19/h2-10,15H,11-14H2,1H3. The molecule has 1 aliphatic rings. The van der Waals surface area contributed by atoms with Crippen LogP contribution in [-0.2, 0) is 10.0 Å². The number of nitrogens with zero attached hydrogens (tertiary/aromatic N) is 3. The SMILES string of the molecule is Cc1cccnc1N1CCN(S(=O)(=O)c2ccc3ccccc3c2)CC1. The van der Waals surface area contributed by atoms with Crippen LogP contribution in [0, 0.1) is 6.92 Å². The lowest BCUT2D eigenvalue weighted by Crippen LogP contribution is -2.49. The second-order valence-electron chi connectivity index (χ2n) is 6.54. The highest BCUT2D eigenvalue weighted by Crippen LogP contribution is 2.24. The van der Waals surface area contributed by atoms with Crippen LogP contribution in [0.1, 0.15) is 5.56 Å². The summed E-state index contributed by atoms with van der Waals surface area (Å²) in [4.78, 5) is 6.95. The molecule has 1 saturated heterocycles. The molecule has 3 aromatic rings. The van der Waals surface area contributed by atoms with Crippen molar-refractivity contribution in [3.63, 3.8) is 0 Å². The third-order valence-electron chi connectivity index (χ3n) is 4.88. The Hall–Kier alpha value is -2.44. The molecule has 1 fully saturated rings. The van der Waals surface area contributed by atoms with Crippen molar-refractivity contribution in [2.75, 3.05) is 31.1 Å². The van der Waals surface area contributed by atoms with E-state index in [1.165, 1.54) is 0 Å². The number of hydrogen-bond donors (Lipinski definition) is 0. The monoisotopic (exact) mass is 367 g/mol. The van der Waals surface area contributed by atoms with Gasteiger partial charge in [-0.05, 0) is 41.5 Å². The number of anilines is 1. The quantitative estimate of drug-likeness (QED) is 0.714. The highest BCUT2D eigenvalue weighted by Gasteiger charge is 2.29. The van der Waals surface area contributed by atoms with E-state index in [0.717, 1.165) is 22.2 Å². The van der Waals surface area contributed by atoms with Crippen LogP contribution in [-0.4, -0.2) is 43.9 Å². The molecular weight excluding hydrogens is 346 g/mol. The Balaban J connectivity index is 1.55. The fourth-order valence-corrected chi connectivity index (χ4v) is 4.88. The summed E-state index contributed by atoms with van der Waals surface area (Å²) in [5, 5.41) is 1.98. The zero-order chi connectivity index (χ0) is 18.1. The van der Waals surface area contributed by atoms with E-state index in [1.807, 2.05) is 49.4 Å². The fourth-order valence-electron chi connectivity index (χ4n) is 3.43. The molecule has 0 saturated carbocycles. The number of aryl methyl sites for hydroxylation is 1. The molecule has 4 rings (SSSR count). The molecule has 0 atom stereocenters. The number of aromatic nitrogens is 1. The van der Waals surface area contributed by atoms with E-state index in [0.29, 0.717) is 31.1 Å². The van der Waals surface area contributed by atoms with E-state index >= 15 is 0 Å². The average Bonchev–Trinajstić information content (AvgIpc) is 2.68. The van der Waals surface area contributed by atoms with E-state index < -0.39 is 10.0 Å². The second kappa shape index (κ2) is 6.70. The lowest BCUT2D eigenvalue weighted by molar-refractivity contribution is 0.383. The van der Waals surface area contributed by atoms with E-state index in [2.05, 4.69) is 9.88 Å². The van der Waals surface area contributed by atoms with Gasteiger partial charge in [0.05, 0.1) is 4.90 Å². The molecule has 2 aromatic carbocycles.